The normalized spacial score (nSPS) is 47.6. The molecular formula is C23H39N2O3+. The summed E-state index contributed by atoms with van der Waals surface area (Å²) in [5, 5.41) is 0. The molecule has 8 atom stereocenters. The molecule has 0 saturated heterocycles. The molecule has 0 radical (unpaired) electrons. The van der Waals surface area contributed by atoms with Gasteiger partial charge in [-0.15, -0.1) is 0 Å². The lowest BCUT2D eigenvalue weighted by atomic mass is 9.44. The Bertz CT molecular complexity index is 637. The SMILES string of the molecule is CC(=O)OC1CCC2(C)C(CCC3C2CCC2(C)C(C(=O)C[NH2+]N)CCC32)C1. The summed E-state index contributed by atoms with van der Waals surface area (Å²) in [5.74, 6) is 8.94. The summed E-state index contributed by atoms with van der Waals surface area (Å²) < 4.78 is 5.58. The first-order valence-electron chi connectivity index (χ1n) is 11.5. The monoisotopic (exact) mass is 391 g/mol. The predicted molar refractivity (Wildman–Crippen MR) is 107 cm³/mol. The second-order valence-corrected chi connectivity index (χ2v) is 10.7. The highest BCUT2D eigenvalue weighted by molar-refractivity contribution is 5.83. The van der Waals surface area contributed by atoms with Gasteiger partial charge in [-0.25, -0.2) is 0 Å². The van der Waals surface area contributed by atoms with E-state index in [9.17, 15) is 9.59 Å². The third-order valence-corrected chi connectivity index (χ3v) is 9.66. The Hall–Kier alpha value is -0.940. The maximum Gasteiger partial charge on any atom is 0.302 e. The lowest BCUT2D eigenvalue weighted by Gasteiger charge is -2.61. The minimum Gasteiger partial charge on any atom is -0.463 e. The van der Waals surface area contributed by atoms with Crippen LogP contribution in [0.1, 0.15) is 78.6 Å². The lowest BCUT2D eigenvalue weighted by molar-refractivity contribution is -0.656. The van der Waals surface area contributed by atoms with E-state index in [0.29, 0.717) is 29.6 Å². The first-order chi connectivity index (χ1) is 13.3. The van der Waals surface area contributed by atoms with Gasteiger partial charge in [0.05, 0.1) is 0 Å². The first-order valence-corrected chi connectivity index (χ1v) is 11.5. The quantitative estimate of drug-likeness (QED) is 0.438. The molecule has 0 aromatic rings. The average molecular weight is 392 g/mol. The summed E-state index contributed by atoms with van der Waals surface area (Å²) in [6.45, 7) is 6.90. The Balaban J connectivity index is 1.51. The Morgan fingerprint density at radius 1 is 1.00 bits per heavy atom. The summed E-state index contributed by atoms with van der Waals surface area (Å²) in [5.41, 5.74) is 2.10. The zero-order chi connectivity index (χ0) is 20.1. The fourth-order valence-electron chi connectivity index (χ4n) is 8.35. The molecule has 28 heavy (non-hydrogen) atoms. The van der Waals surface area contributed by atoms with E-state index in [1.165, 1.54) is 45.4 Å². The van der Waals surface area contributed by atoms with Gasteiger partial charge in [0.1, 0.15) is 6.10 Å². The Morgan fingerprint density at radius 2 is 1.71 bits per heavy atom. The van der Waals surface area contributed by atoms with Crippen LogP contribution in [0, 0.1) is 40.4 Å². The number of hydrogen-bond donors (Lipinski definition) is 2. The van der Waals surface area contributed by atoms with E-state index in [1.54, 1.807) is 5.43 Å². The Morgan fingerprint density at radius 3 is 2.43 bits per heavy atom. The topological polar surface area (TPSA) is 86.0 Å². The van der Waals surface area contributed by atoms with E-state index in [0.717, 1.165) is 31.1 Å². The molecule has 0 heterocycles. The van der Waals surface area contributed by atoms with Crippen molar-refractivity contribution in [1.82, 2.24) is 0 Å². The van der Waals surface area contributed by atoms with Crippen LogP contribution < -0.4 is 11.3 Å². The molecule has 0 amide bonds. The largest absolute Gasteiger partial charge is 0.463 e. The van der Waals surface area contributed by atoms with Gasteiger partial charge in [0.25, 0.3) is 0 Å². The van der Waals surface area contributed by atoms with Crippen molar-refractivity contribution in [3.05, 3.63) is 0 Å². The molecule has 0 bridgehead atoms. The molecule has 0 aromatic carbocycles. The fraction of sp³-hybridized carbons (Fsp3) is 0.913. The van der Waals surface area contributed by atoms with Crippen LogP contribution >= 0.6 is 0 Å². The molecule has 4 aliphatic carbocycles. The molecule has 0 spiro atoms. The van der Waals surface area contributed by atoms with Gasteiger partial charge in [-0.3, -0.25) is 15.0 Å². The zero-order valence-corrected chi connectivity index (χ0v) is 17.9. The third kappa shape index (κ3) is 3.13. The lowest BCUT2D eigenvalue weighted by Crippen LogP contribution is -2.93. The number of Topliss-reactive ketones (excluding diaryl/α,β-unsaturated/α-hetero) is 1. The molecule has 4 fully saturated rings. The van der Waals surface area contributed by atoms with Crippen LogP contribution in [0.3, 0.4) is 0 Å². The van der Waals surface area contributed by atoms with Gasteiger partial charge in [-0.2, -0.15) is 5.84 Å². The number of carbonyl (C=O) groups is 2. The van der Waals surface area contributed by atoms with Crippen LogP contribution in [-0.4, -0.2) is 24.4 Å². The van der Waals surface area contributed by atoms with E-state index in [1.807, 2.05) is 0 Å². The average Bonchev–Trinajstić information content (AvgIpc) is 2.99. The van der Waals surface area contributed by atoms with Crippen molar-refractivity contribution in [2.24, 2.45) is 46.3 Å². The minimum absolute atomic E-state index is 0.127. The van der Waals surface area contributed by atoms with Crippen LogP contribution in [0.15, 0.2) is 0 Å². The maximum absolute atomic E-state index is 12.7. The summed E-state index contributed by atoms with van der Waals surface area (Å²) >= 11 is 0. The summed E-state index contributed by atoms with van der Waals surface area (Å²) in [6.07, 6.45) is 10.7. The Labute approximate surface area is 169 Å². The van der Waals surface area contributed by atoms with Crippen molar-refractivity contribution in [2.45, 2.75) is 84.7 Å². The highest BCUT2D eigenvalue weighted by Crippen LogP contribution is 2.67. The van der Waals surface area contributed by atoms with E-state index in [2.05, 4.69) is 13.8 Å². The molecule has 4 N–H and O–H groups in total. The van der Waals surface area contributed by atoms with Gasteiger partial charge in [-0.1, -0.05) is 13.8 Å². The molecule has 0 aromatic heterocycles. The van der Waals surface area contributed by atoms with Crippen molar-refractivity contribution in [2.75, 3.05) is 6.54 Å². The number of ether oxygens (including phenoxy) is 1. The van der Waals surface area contributed by atoms with Crippen LogP contribution in [0.2, 0.25) is 0 Å². The highest BCUT2D eigenvalue weighted by atomic mass is 16.5. The molecular weight excluding hydrogens is 352 g/mol. The van der Waals surface area contributed by atoms with Crippen LogP contribution in [0.5, 0.6) is 0 Å². The number of esters is 1. The number of nitrogens with two attached hydrogens (primary N) is 2. The van der Waals surface area contributed by atoms with Gasteiger partial charge >= 0.3 is 5.97 Å². The Kier molecular flexibility index (Phi) is 5.37. The molecule has 0 aliphatic heterocycles. The molecule has 4 saturated carbocycles. The molecule has 5 nitrogen and oxygen atoms in total. The van der Waals surface area contributed by atoms with E-state index in [-0.39, 0.29) is 23.4 Å². The highest BCUT2D eigenvalue weighted by Gasteiger charge is 2.61. The van der Waals surface area contributed by atoms with Crippen molar-refractivity contribution < 1.29 is 19.8 Å². The van der Waals surface area contributed by atoms with Crippen molar-refractivity contribution in [3.63, 3.8) is 0 Å². The van der Waals surface area contributed by atoms with Crippen LogP contribution in [0.4, 0.5) is 0 Å². The number of hydrogen-bond acceptors (Lipinski definition) is 4. The minimum atomic E-state index is -0.132. The molecule has 8 unspecified atom stereocenters. The number of fused-ring (bicyclic) bond motifs is 5. The second-order valence-electron chi connectivity index (χ2n) is 10.7. The van der Waals surface area contributed by atoms with Gasteiger partial charge < -0.3 is 4.74 Å². The van der Waals surface area contributed by atoms with Gasteiger partial charge in [-0.05, 0) is 92.3 Å². The smallest absolute Gasteiger partial charge is 0.302 e. The van der Waals surface area contributed by atoms with Crippen LogP contribution in [0.25, 0.3) is 0 Å². The number of rotatable bonds is 4. The number of carbonyl (C=O) groups excluding carboxylic acids is 2. The van der Waals surface area contributed by atoms with Gasteiger partial charge in [0.15, 0.2) is 12.3 Å². The fourth-order valence-corrected chi connectivity index (χ4v) is 8.35. The summed E-state index contributed by atoms with van der Waals surface area (Å²) in [7, 11) is 0. The molecule has 4 rings (SSSR count). The zero-order valence-electron chi connectivity index (χ0n) is 17.9. The number of quaternary nitrogens is 1. The van der Waals surface area contributed by atoms with E-state index >= 15 is 0 Å². The second kappa shape index (κ2) is 7.39. The molecule has 158 valence electrons. The van der Waals surface area contributed by atoms with Gasteiger partial charge in [0.2, 0.25) is 0 Å². The van der Waals surface area contributed by atoms with Crippen LogP contribution in [-0.2, 0) is 14.3 Å². The number of ketones is 1. The third-order valence-electron chi connectivity index (χ3n) is 9.66. The van der Waals surface area contributed by atoms with Crippen molar-refractivity contribution >= 4 is 11.8 Å². The molecule has 4 aliphatic rings. The first kappa shape index (κ1) is 20.3. The summed E-state index contributed by atoms with van der Waals surface area (Å²) in [6, 6.07) is 0. The van der Waals surface area contributed by atoms with Gasteiger partial charge in [0, 0.05) is 12.8 Å². The summed E-state index contributed by atoms with van der Waals surface area (Å²) in [4.78, 5) is 24.1. The predicted octanol–water partition coefficient (Wildman–Crippen LogP) is 2.58. The van der Waals surface area contributed by atoms with Crippen molar-refractivity contribution in [3.8, 4) is 0 Å². The van der Waals surface area contributed by atoms with Crippen molar-refractivity contribution in [1.29, 1.82) is 0 Å². The molecule has 5 heteroatoms. The maximum atomic E-state index is 12.7. The van der Waals surface area contributed by atoms with E-state index < -0.39 is 0 Å². The standard InChI is InChI=1S/C23H38N2O3/c1-14(26)28-16-8-10-22(2)15(12-16)4-5-17-18-6-7-20(21(27)13-25-24)23(18,3)11-9-19(17)22/h15-20,25H,4-13,24H2,1-3H3/p+1. The van der Waals surface area contributed by atoms with E-state index in [4.69, 9.17) is 10.6 Å².